The van der Waals surface area contributed by atoms with Crippen molar-refractivity contribution in [2.75, 3.05) is 13.7 Å². The van der Waals surface area contributed by atoms with E-state index < -0.39 is 0 Å². The molecule has 0 radical (unpaired) electrons. The van der Waals surface area contributed by atoms with Crippen molar-refractivity contribution in [1.29, 1.82) is 0 Å². The topological polar surface area (TPSA) is 58.2 Å². The molecule has 1 aromatic carbocycles. The molecule has 4 rings (SSSR count). The fourth-order valence-electron chi connectivity index (χ4n) is 3.63. The Hall–Kier alpha value is -2.44. The Labute approximate surface area is 162 Å². The molecule has 0 unspecified atom stereocenters. The maximum Gasteiger partial charge on any atom is 0.255 e. The summed E-state index contributed by atoms with van der Waals surface area (Å²) in [4.78, 5) is 23.7. The zero-order valence-corrected chi connectivity index (χ0v) is 16.7. The molecule has 1 aliphatic heterocycles. The first-order valence-corrected chi connectivity index (χ1v) is 9.96. The average molecular weight is 382 g/mol. The van der Waals surface area contributed by atoms with E-state index in [1.807, 2.05) is 23.6 Å². The number of aromatic nitrogens is 2. The van der Waals surface area contributed by atoms with Crippen molar-refractivity contribution in [3.05, 3.63) is 67.9 Å². The van der Waals surface area contributed by atoms with Gasteiger partial charge in [0.05, 0.1) is 23.2 Å². The van der Waals surface area contributed by atoms with E-state index in [0.717, 1.165) is 41.4 Å². The highest BCUT2D eigenvalue weighted by Gasteiger charge is 2.22. The Kier molecular flexibility index (Phi) is 4.85. The second-order valence-corrected chi connectivity index (χ2v) is 7.90. The lowest BCUT2D eigenvalue weighted by Crippen LogP contribution is -2.35. The van der Waals surface area contributed by atoms with Crippen molar-refractivity contribution in [2.24, 2.45) is 0 Å². The summed E-state index contributed by atoms with van der Waals surface area (Å²) in [7, 11) is 1.70. The molecule has 1 N–H and O–H groups in total. The van der Waals surface area contributed by atoms with E-state index in [0.29, 0.717) is 12.4 Å². The van der Waals surface area contributed by atoms with Gasteiger partial charge in [0.2, 0.25) is 0 Å². The Morgan fingerprint density at radius 1 is 1.26 bits per heavy atom. The van der Waals surface area contributed by atoms with Gasteiger partial charge < -0.3 is 9.72 Å². The van der Waals surface area contributed by atoms with Crippen LogP contribution in [0.5, 0.6) is 5.75 Å². The quantitative estimate of drug-likeness (QED) is 0.749. The van der Waals surface area contributed by atoms with E-state index in [-0.39, 0.29) is 5.56 Å². The molecule has 1 aliphatic rings. The standard InChI is InChI=1S/C21H23N3O2S/c1-13-14(2)18(26-3)7-6-15(13)11-24-9-8-17-16(12-24)21(25)23-20(22-17)19-5-4-10-27-19/h4-7,10H,8-9,11-12H2,1-3H3,(H,22,23,25). The van der Waals surface area contributed by atoms with Crippen molar-refractivity contribution in [3.63, 3.8) is 0 Å². The lowest BCUT2D eigenvalue weighted by molar-refractivity contribution is 0.241. The van der Waals surface area contributed by atoms with Crippen molar-refractivity contribution >= 4 is 11.3 Å². The summed E-state index contributed by atoms with van der Waals surface area (Å²) in [5.41, 5.74) is 5.41. The molecule has 140 valence electrons. The second-order valence-electron chi connectivity index (χ2n) is 6.95. The van der Waals surface area contributed by atoms with Crippen LogP contribution in [0.15, 0.2) is 34.4 Å². The van der Waals surface area contributed by atoms with Gasteiger partial charge in [-0.1, -0.05) is 12.1 Å². The molecule has 0 bridgehead atoms. The molecule has 0 spiro atoms. The molecule has 3 aromatic rings. The van der Waals surface area contributed by atoms with Crippen LogP contribution in [-0.2, 0) is 19.5 Å². The zero-order valence-electron chi connectivity index (χ0n) is 15.8. The third kappa shape index (κ3) is 3.42. The van der Waals surface area contributed by atoms with Crippen LogP contribution >= 0.6 is 11.3 Å². The third-order valence-corrected chi connectivity index (χ3v) is 6.24. The molecule has 0 aliphatic carbocycles. The number of rotatable bonds is 4. The van der Waals surface area contributed by atoms with E-state index in [2.05, 4.69) is 29.8 Å². The van der Waals surface area contributed by atoms with Gasteiger partial charge in [-0.25, -0.2) is 4.98 Å². The summed E-state index contributed by atoms with van der Waals surface area (Å²) in [6.45, 7) is 6.57. The Bertz CT molecular complexity index is 1020. The van der Waals surface area contributed by atoms with Gasteiger partial charge in [0.1, 0.15) is 5.75 Å². The Morgan fingerprint density at radius 3 is 2.85 bits per heavy atom. The van der Waals surface area contributed by atoms with Crippen LogP contribution in [-0.4, -0.2) is 28.5 Å². The number of nitrogens with one attached hydrogen (secondary N) is 1. The smallest absolute Gasteiger partial charge is 0.255 e. The van der Waals surface area contributed by atoms with Gasteiger partial charge in [0.25, 0.3) is 5.56 Å². The number of methoxy groups -OCH3 is 1. The van der Waals surface area contributed by atoms with Crippen LogP contribution in [0.3, 0.4) is 0 Å². The van der Waals surface area contributed by atoms with E-state index in [9.17, 15) is 4.79 Å². The SMILES string of the molecule is COc1ccc(CN2CCc3nc(-c4cccs4)[nH]c(=O)c3C2)c(C)c1C. The van der Waals surface area contributed by atoms with E-state index in [1.165, 1.54) is 16.7 Å². The van der Waals surface area contributed by atoms with Gasteiger partial charge in [0, 0.05) is 26.1 Å². The first kappa shape index (κ1) is 17.9. The Morgan fingerprint density at radius 2 is 2.11 bits per heavy atom. The zero-order chi connectivity index (χ0) is 19.0. The number of benzene rings is 1. The predicted octanol–water partition coefficient (Wildman–Crippen LogP) is 3.68. The molecular formula is C21H23N3O2S. The van der Waals surface area contributed by atoms with Crippen LogP contribution in [0.1, 0.15) is 27.9 Å². The fraction of sp³-hybridized carbons (Fsp3) is 0.333. The van der Waals surface area contributed by atoms with Crippen LogP contribution < -0.4 is 10.3 Å². The molecule has 2 aromatic heterocycles. The normalized spacial score (nSPS) is 14.2. The number of hydrogen-bond acceptors (Lipinski definition) is 5. The lowest BCUT2D eigenvalue weighted by Gasteiger charge is -2.28. The minimum Gasteiger partial charge on any atom is -0.496 e. The highest BCUT2D eigenvalue weighted by Crippen LogP contribution is 2.27. The average Bonchev–Trinajstić information content (AvgIpc) is 3.21. The minimum absolute atomic E-state index is 0.0178. The number of H-pyrrole nitrogens is 1. The number of aromatic amines is 1. The van der Waals surface area contributed by atoms with Crippen molar-refractivity contribution in [1.82, 2.24) is 14.9 Å². The summed E-state index contributed by atoms with van der Waals surface area (Å²) >= 11 is 1.59. The maximum absolute atomic E-state index is 12.6. The summed E-state index contributed by atoms with van der Waals surface area (Å²) in [5, 5.41) is 2.00. The largest absolute Gasteiger partial charge is 0.496 e. The number of hydrogen-bond donors (Lipinski definition) is 1. The van der Waals surface area contributed by atoms with Gasteiger partial charge >= 0.3 is 0 Å². The van der Waals surface area contributed by atoms with Gasteiger partial charge in [-0.05, 0) is 48.1 Å². The highest BCUT2D eigenvalue weighted by molar-refractivity contribution is 7.13. The molecule has 5 nitrogen and oxygen atoms in total. The molecule has 0 amide bonds. The van der Waals surface area contributed by atoms with E-state index >= 15 is 0 Å². The molecule has 3 heterocycles. The summed E-state index contributed by atoms with van der Waals surface area (Å²) in [5.74, 6) is 1.60. The predicted molar refractivity (Wildman–Crippen MR) is 108 cm³/mol. The highest BCUT2D eigenvalue weighted by atomic mass is 32.1. The molecule has 0 saturated carbocycles. The molecule has 27 heavy (non-hydrogen) atoms. The van der Waals surface area contributed by atoms with Crippen molar-refractivity contribution in [2.45, 2.75) is 33.4 Å². The van der Waals surface area contributed by atoms with Crippen molar-refractivity contribution < 1.29 is 4.74 Å². The van der Waals surface area contributed by atoms with Gasteiger partial charge in [-0.2, -0.15) is 0 Å². The van der Waals surface area contributed by atoms with Crippen molar-refractivity contribution in [3.8, 4) is 16.5 Å². The van der Waals surface area contributed by atoms with Gasteiger partial charge in [-0.3, -0.25) is 9.69 Å². The van der Waals surface area contributed by atoms with Crippen LogP contribution in [0.25, 0.3) is 10.7 Å². The number of thiophene rings is 1. The molecular weight excluding hydrogens is 358 g/mol. The van der Waals surface area contributed by atoms with Gasteiger partial charge in [0.15, 0.2) is 5.82 Å². The van der Waals surface area contributed by atoms with E-state index in [1.54, 1.807) is 18.4 Å². The molecule has 0 fully saturated rings. The second kappa shape index (κ2) is 7.29. The number of ether oxygens (including phenoxy) is 1. The van der Waals surface area contributed by atoms with Crippen LogP contribution in [0, 0.1) is 13.8 Å². The first-order valence-electron chi connectivity index (χ1n) is 9.08. The lowest BCUT2D eigenvalue weighted by atomic mass is 10.0. The summed E-state index contributed by atoms with van der Waals surface area (Å²) in [6.07, 6.45) is 0.797. The fourth-order valence-corrected chi connectivity index (χ4v) is 4.30. The minimum atomic E-state index is -0.0178. The Balaban J connectivity index is 1.57. The monoisotopic (exact) mass is 381 g/mol. The van der Waals surface area contributed by atoms with Crippen LogP contribution in [0.4, 0.5) is 0 Å². The first-order chi connectivity index (χ1) is 13.1. The molecule has 0 atom stereocenters. The molecule has 0 saturated heterocycles. The number of nitrogens with zero attached hydrogens (tertiary/aromatic N) is 2. The number of fused-ring (bicyclic) bond motifs is 1. The molecule has 6 heteroatoms. The maximum atomic E-state index is 12.6. The van der Waals surface area contributed by atoms with Crippen LogP contribution in [0.2, 0.25) is 0 Å². The third-order valence-electron chi connectivity index (χ3n) is 5.37. The summed E-state index contributed by atoms with van der Waals surface area (Å²) < 4.78 is 5.41. The van der Waals surface area contributed by atoms with E-state index in [4.69, 9.17) is 9.72 Å². The van der Waals surface area contributed by atoms with Gasteiger partial charge in [-0.15, -0.1) is 11.3 Å². The summed E-state index contributed by atoms with van der Waals surface area (Å²) in [6, 6.07) is 8.11.